The molecule has 1 aromatic heterocycles. The van der Waals surface area contributed by atoms with Crippen LogP contribution in [0.25, 0.3) is 0 Å². The molecule has 0 saturated carbocycles. The van der Waals surface area contributed by atoms with E-state index < -0.39 is 0 Å². The van der Waals surface area contributed by atoms with Gasteiger partial charge in [-0.25, -0.2) is 4.98 Å². The number of rotatable bonds is 2. The van der Waals surface area contributed by atoms with Gasteiger partial charge in [-0.15, -0.1) is 5.10 Å². The molecule has 2 N–H and O–H groups in total. The van der Waals surface area contributed by atoms with Gasteiger partial charge in [-0.1, -0.05) is 13.8 Å². The molecule has 3 heterocycles. The number of aromatic amines is 1. The van der Waals surface area contributed by atoms with Gasteiger partial charge in [0, 0.05) is 31.6 Å². The number of hydrogen-bond donors (Lipinski definition) is 2. The molecule has 2 aliphatic rings. The van der Waals surface area contributed by atoms with Gasteiger partial charge in [-0.3, -0.25) is 9.89 Å². The SMILES string of the molecule is CC(C)c1nc(C(=O)N2CC[C@H]3CNC[C@H]32)n[nH]1. The van der Waals surface area contributed by atoms with E-state index in [1.165, 1.54) is 0 Å². The fourth-order valence-electron chi connectivity index (χ4n) is 2.86. The predicted octanol–water partition coefficient (Wildman–Crippen LogP) is 0.362. The van der Waals surface area contributed by atoms with E-state index in [4.69, 9.17) is 0 Å². The van der Waals surface area contributed by atoms with E-state index >= 15 is 0 Å². The Balaban J connectivity index is 1.77. The molecule has 2 aliphatic heterocycles. The molecule has 6 nitrogen and oxygen atoms in total. The van der Waals surface area contributed by atoms with Gasteiger partial charge >= 0.3 is 0 Å². The van der Waals surface area contributed by atoms with E-state index in [0.717, 1.165) is 31.9 Å². The number of nitrogens with zero attached hydrogens (tertiary/aromatic N) is 3. The molecule has 1 amide bonds. The zero-order chi connectivity index (χ0) is 12.7. The lowest BCUT2D eigenvalue weighted by Crippen LogP contribution is -2.39. The van der Waals surface area contributed by atoms with Crippen LogP contribution in [0.2, 0.25) is 0 Å². The van der Waals surface area contributed by atoms with Crippen LogP contribution in [0, 0.1) is 5.92 Å². The fourth-order valence-corrected chi connectivity index (χ4v) is 2.86. The minimum Gasteiger partial charge on any atom is -0.331 e. The number of likely N-dealkylation sites (tertiary alicyclic amines) is 1. The first-order valence-electron chi connectivity index (χ1n) is 6.61. The molecule has 0 unspecified atom stereocenters. The monoisotopic (exact) mass is 249 g/mol. The number of fused-ring (bicyclic) bond motifs is 1. The number of H-pyrrole nitrogens is 1. The topological polar surface area (TPSA) is 73.9 Å². The average molecular weight is 249 g/mol. The largest absolute Gasteiger partial charge is 0.331 e. The van der Waals surface area contributed by atoms with E-state index in [9.17, 15) is 4.79 Å². The second-order valence-corrected chi connectivity index (χ2v) is 5.47. The first kappa shape index (κ1) is 11.6. The predicted molar refractivity (Wildman–Crippen MR) is 66.3 cm³/mol. The molecule has 0 aliphatic carbocycles. The van der Waals surface area contributed by atoms with Crippen molar-refractivity contribution in [1.29, 1.82) is 0 Å². The Morgan fingerprint density at radius 1 is 1.44 bits per heavy atom. The Labute approximate surface area is 106 Å². The Hall–Kier alpha value is -1.43. The molecule has 0 spiro atoms. The van der Waals surface area contributed by atoms with E-state index in [-0.39, 0.29) is 11.8 Å². The molecule has 3 rings (SSSR count). The van der Waals surface area contributed by atoms with Crippen molar-refractivity contribution in [3.8, 4) is 0 Å². The summed E-state index contributed by atoms with van der Waals surface area (Å²) in [5, 5.41) is 10.2. The third kappa shape index (κ3) is 1.80. The molecular weight excluding hydrogens is 230 g/mol. The molecule has 18 heavy (non-hydrogen) atoms. The smallest absolute Gasteiger partial charge is 0.293 e. The van der Waals surface area contributed by atoms with Gasteiger partial charge in [-0.05, 0) is 12.3 Å². The fraction of sp³-hybridized carbons (Fsp3) is 0.750. The van der Waals surface area contributed by atoms with Gasteiger partial charge in [0.05, 0.1) is 0 Å². The van der Waals surface area contributed by atoms with Crippen LogP contribution in [0.5, 0.6) is 0 Å². The minimum absolute atomic E-state index is 0.0330. The van der Waals surface area contributed by atoms with E-state index in [2.05, 4.69) is 20.5 Å². The maximum absolute atomic E-state index is 12.4. The summed E-state index contributed by atoms with van der Waals surface area (Å²) < 4.78 is 0. The Bertz CT molecular complexity index is 455. The van der Waals surface area contributed by atoms with Crippen LogP contribution >= 0.6 is 0 Å². The third-order valence-corrected chi connectivity index (χ3v) is 3.95. The summed E-state index contributed by atoms with van der Waals surface area (Å²) in [5.74, 6) is 1.93. The van der Waals surface area contributed by atoms with Crippen molar-refractivity contribution >= 4 is 5.91 Å². The molecule has 0 radical (unpaired) electrons. The Kier molecular flexibility index (Phi) is 2.81. The molecule has 2 saturated heterocycles. The highest BCUT2D eigenvalue weighted by atomic mass is 16.2. The molecule has 0 bridgehead atoms. The van der Waals surface area contributed by atoms with E-state index in [1.807, 2.05) is 18.7 Å². The molecule has 0 aromatic carbocycles. The lowest BCUT2D eigenvalue weighted by atomic mass is 10.1. The molecule has 1 aromatic rings. The van der Waals surface area contributed by atoms with Crippen LogP contribution < -0.4 is 5.32 Å². The molecule has 98 valence electrons. The van der Waals surface area contributed by atoms with Crippen molar-refractivity contribution in [3.05, 3.63) is 11.6 Å². The van der Waals surface area contributed by atoms with Crippen molar-refractivity contribution in [2.75, 3.05) is 19.6 Å². The highest BCUT2D eigenvalue weighted by Crippen LogP contribution is 2.28. The molecule has 2 fully saturated rings. The lowest BCUT2D eigenvalue weighted by Gasteiger charge is -2.21. The molecule has 6 heteroatoms. The summed E-state index contributed by atoms with van der Waals surface area (Å²) in [6, 6.07) is 0.332. The number of amides is 1. The maximum atomic E-state index is 12.4. The van der Waals surface area contributed by atoms with Gasteiger partial charge in [0.15, 0.2) is 0 Å². The van der Waals surface area contributed by atoms with Crippen LogP contribution in [-0.4, -0.2) is 51.7 Å². The second kappa shape index (κ2) is 4.35. The zero-order valence-corrected chi connectivity index (χ0v) is 10.8. The van der Waals surface area contributed by atoms with E-state index in [0.29, 0.717) is 17.8 Å². The first-order chi connectivity index (χ1) is 8.66. The highest BCUT2D eigenvalue weighted by Gasteiger charge is 2.41. The van der Waals surface area contributed by atoms with Gasteiger partial charge < -0.3 is 10.2 Å². The van der Waals surface area contributed by atoms with Crippen LogP contribution in [-0.2, 0) is 0 Å². The third-order valence-electron chi connectivity index (χ3n) is 3.95. The standard InChI is InChI=1S/C12H19N5O/c1-7(2)10-14-11(16-15-10)12(18)17-4-3-8-5-13-6-9(8)17/h7-9,13H,3-6H2,1-2H3,(H,14,15,16)/t8-,9+/m0/s1. The zero-order valence-electron chi connectivity index (χ0n) is 10.8. The van der Waals surface area contributed by atoms with Crippen molar-refractivity contribution in [2.45, 2.75) is 32.2 Å². The summed E-state index contributed by atoms with van der Waals surface area (Å²) in [6.45, 7) is 6.82. The van der Waals surface area contributed by atoms with Gasteiger partial charge in [0.1, 0.15) is 5.82 Å². The summed E-state index contributed by atoms with van der Waals surface area (Å²) in [4.78, 5) is 18.6. The highest BCUT2D eigenvalue weighted by molar-refractivity contribution is 5.91. The van der Waals surface area contributed by atoms with Crippen molar-refractivity contribution in [1.82, 2.24) is 25.4 Å². The normalized spacial score (nSPS) is 26.9. The van der Waals surface area contributed by atoms with Crippen molar-refractivity contribution in [2.24, 2.45) is 5.92 Å². The molecular formula is C12H19N5O. The maximum Gasteiger partial charge on any atom is 0.293 e. The minimum atomic E-state index is -0.0330. The van der Waals surface area contributed by atoms with Crippen LogP contribution in [0.1, 0.15) is 42.6 Å². The number of carbonyl (C=O) groups excluding carboxylic acids is 1. The summed E-state index contributed by atoms with van der Waals surface area (Å²) >= 11 is 0. The summed E-state index contributed by atoms with van der Waals surface area (Å²) in [6.07, 6.45) is 1.09. The van der Waals surface area contributed by atoms with Crippen molar-refractivity contribution < 1.29 is 4.79 Å². The number of hydrogen-bond acceptors (Lipinski definition) is 4. The Morgan fingerprint density at radius 3 is 3.00 bits per heavy atom. The Morgan fingerprint density at radius 2 is 2.28 bits per heavy atom. The number of carbonyl (C=O) groups is 1. The molecule has 2 atom stereocenters. The first-order valence-corrected chi connectivity index (χ1v) is 6.61. The van der Waals surface area contributed by atoms with E-state index in [1.54, 1.807) is 0 Å². The van der Waals surface area contributed by atoms with Crippen LogP contribution in [0.4, 0.5) is 0 Å². The van der Waals surface area contributed by atoms with Crippen molar-refractivity contribution in [3.63, 3.8) is 0 Å². The van der Waals surface area contributed by atoms with Crippen LogP contribution in [0.15, 0.2) is 0 Å². The average Bonchev–Trinajstić information content (AvgIpc) is 3.04. The number of aromatic nitrogens is 3. The van der Waals surface area contributed by atoms with Gasteiger partial charge in [0.2, 0.25) is 5.82 Å². The van der Waals surface area contributed by atoms with Gasteiger partial charge in [0.25, 0.3) is 5.91 Å². The second-order valence-electron chi connectivity index (χ2n) is 5.47. The van der Waals surface area contributed by atoms with Gasteiger partial charge in [-0.2, -0.15) is 0 Å². The summed E-state index contributed by atoms with van der Waals surface area (Å²) in [5.41, 5.74) is 0. The number of nitrogens with one attached hydrogen (secondary N) is 2. The summed E-state index contributed by atoms with van der Waals surface area (Å²) in [7, 11) is 0. The lowest BCUT2D eigenvalue weighted by molar-refractivity contribution is 0.0725. The van der Waals surface area contributed by atoms with Crippen LogP contribution in [0.3, 0.4) is 0 Å². The quantitative estimate of drug-likeness (QED) is 0.794.